The van der Waals surface area contributed by atoms with Crippen LogP contribution < -0.4 is 0 Å². The molecule has 0 aromatic rings. The molecule has 6 rings (SSSR count). The van der Waals surface area contributed by atoms with Gasteiger partial charge in [-0.3, -0.25) is 4.79 Å². The van der Waals surface area contributed by atoms with Gasteiger partial charge < -0.3 is 9.47 Å². The van der Waals surface area contributed by atoms with Gasteiger partial charge in [0.15, 0.2) is 0 Å². The van der Waals surface area contributed by atoms with Crippen LogP contribution in [0.2, 0.25) is 0 Å². The third kappa shape index (κ3) is 2.79. The molecular formula is C30H46O3. The Labute approximate surface area is 201 Å². The number of rotatable bonds is 3. The van der Waals surface area contributed by atoms with Gasteiger partial charge in [-0.05, 0) is 92.3 Å². The van der Waals surface area contributed by atoms with Crippen LogP contribution in [0.25, 0.3) is 0 Å². The summed E-state index contributed by atoms with van der Waals surface area (Å²) >= 11 is 0. The highest BCUT2D eigenvalue weighted by molar-refractivity contribution is 5.85. The molecule has 184 valence electrons. The van der Waals surface area contributed by atoms with Gasteiger partial charge in [0.2, 0.25) is 0 Å². The van der Waals surface area contributed by atoms with Crippen molar-refractivity contribution in [1.29, 1.82) is 0 Å². The van der Waals surface area contributed by atoms with E-state index in [1.807, 2.05) is 0 Å². The van der Waals surface area contributed by atoms with Gasteiger partial charge in [0.05, 0.1) is 11.7 Å². The maximum atomic E-state index is 12.8. The van der Waals surface area contributed by atoms with Gasteiger partial charge in [-0.25, -0.2) is 0 Å². The Kier molecular flexibility index (Phi) is 4.52. The van der Waals surface area contributed by atoms with E-state index in [-0.39, 0.29) is 21.8 Å². The number of Topliss-reactive ketones (excluding diaryl/α,β-unsaturated/α-hetero) is 1. The number of epoxide rings is 2. The summed E-state index contributed by atoms with van der Waals surface area (Å²) in [5.74, 6) is 2.95. The molecule has 0 N–H and O–H groups in total. The van der Waals surface area contributed by atoms with Crippen LogP contribution in [0.1, 0.15) is 100 Å². The monoisotopic (exact) mass is 454 g/mol. The lowest BCUT2D eigenvalue weighted by molar-refractivity contribution is -0.146. The van der Waals surface area contributed by atoms with E-state index in [0.717, 1.165) is 25.2 Å². The first-order valence-corrected chi connectivity index (χ1v) is 13.8. The van der Waals surface area contributed by atoms with Crippen LogP contribution in [0.5, 0.6) is 0 Å². The Morgan fingerprint density at radius 2 is 1.70 bits per heavy atom. The molecular weight excluding hydrogens is 408 g/mol. The topological polar surface area (TPSA) is 42.1 Å². The number of carbonyl (C=O) groups is 1. The number of hydrogen-bond donors (Lipinski definition) is 0. The van der Waals surface area contributed by atoms with Crippen molar-refractivity contribution in [2.45, 2.75) is 124 Å². The van der Waals surface area contributed by atoms with E-state index in [1.54, 1.807) is 5.57 Å². The predicted molar refractivity (Wildman–Crippen MR) is 131 cm³/mol. The molecule has 6 aliphatic rings. The number of hydrogen-bond acceptors (Lipinski definition) is 3. The first-order valence-electron chi connectivity index (χ1n) is 13.8. The minimum Gasteiger partial charge on any atom is -0.366 e. The Bertz CT molecular complexity index is 916. The standard InChI is InChI=1S/C30H46O3/c1-17(23-24(32-23)25-27(4,5)33-25)18-11-15-30(8)20-9-10-21-26(2,3)22(31)13-14-28(21,6)19(20)12-16-29(18,30)7/h9,17-19,21,23-25H,10-16H2,1-8H3/t17-,18+,19+,21+,23+,24+,25?,28-,29+,30-/m1/s1. The number of allylic oxidation sites excluding steroid dienone is 2. The largest absolute Gasteiger partial charge is 0.366 e. The third-order valence-electron chi connectivity index (χ3n) is 12.7. The first kappa shape index (κ1) is 22.8. The fraction of sp³-hybridized carbons (Fsp3) is 0.900. The molecule has 3 nitrogen and oxygen atoms in total. The molecule has 0 bridgehead atoms. The number of ether oxygens (including phenoxy) is 2. The smallest absolute Gasteiger partial charge is 0.138 e. The Balaban J connectivity index is 1.28. The van der Waals surface area contributed by atoms with E-state index < -0.39 is 0 Å². The fourth-order valence-corrected chi connectivity index (χ4v) is 10.2. The van der Waals surface area contributed by atoms with E-state index in [4.69, 9.17) is 9.47 Å². The van der Waals surface area contributed by atoms with E-state index >= 15 is 0 Å². The molecule has 1 unspecified atom stereocenters. The second-order valence-electron chi connectivity index (χ2n) is 14.7. The van der Waals surface area contributed by atoms with Crippen molar-refractivity contribution in [3.8, 4) is 0 Å². The molecule has 5 fully saturated rings. The summed E-state index contributed by atoms with van der Waals surface area (Å²) in [6, 6.07) is 0. The van der Waals surface area contributed by atoms with Crippen molar-refractivity contribution in [3.05, 3.63) is 11.6 Å². The summed E-state index contributed by atoms with van der Waals surface area (Å²) in [5, 5.41) is 0. The lowest BCUT2D eigenvalue weighted by Crippen LogP contribution is -2.57. The molecule has 2 saturated heterocycles. The van der Waals surface area contributed by atoms with Crippen LogP contribution in [0.3, 0.4) is 0 Å². The van der Waals surface area contributed by atoms with Crippen LogP contribution in [0.4, 0.5) is 0 Å². The van der Waals surface area contributed by atoms with Gasteiger partial charge >= 0.3 is 0 Å². The van der Waals surface area contributed by atoms with Gasteiger partial charge in [-0.1, -0.05) is 53.2 Å². The average Bonchev–Trinajstić information content (AvgIpc) is 3.62. The zero-order chi connectivity index (χ0) is 23.8. The Hall–Kier alpha value is -0.670. The first-order chi connectivity index (χ1) is 15.3. The van der Waals surface area contributed by atoms with Crippen molar-refractivity contribution in [2.75, 3.05) is 0 Å². The summed E-state index contributed by atoms with van der Waals surface area (Å²) in [6.07, 6.45) is 11.8. The molecule has 0 amide bonds. The van der Waals surface area contributed by atoms with Crippen LogP contribution in [-0.2, 0) is 14.3 Å². The molecule has 0 radical (unpaired) electrons. The normalized spacial score (nSPS) is 54.5. The minimum absolute atomic E-state index is 0.0132. The van der Waals surface area contributed by atoms with E-state index in [2.05, 4.69) is 61.5 Å². The highest BCUT2D eigenvalue weighted by Gasteiger charge is 2.69. The van der Waals surface area contributed by atoms with Gasteiger partial charge in [-0.2, -0.15) is 0 Å². The van der Waals surface area contributed by atoms with Gasteiger partial charge in [0, 0.05) is 11.8 Å². The van der Waals surface area contributed by atoms with E-state index in [1.165, 1.54) is 25.7 Å². The fourth-order valence-electron chi connectivity index (χ4n) is 10.2. The van der Waals surface area contributed by atoms with Crippen molar-refractivity contribution in [3.63, 3.8) is 0 Å². The molecule has 0 aromatic heterocycles. The molecule has 0 aromatic carbocycles. The second kappa shape index (κ2) is 6.55. The molecule has 0 spiro atoms. The van der Waals surface area contributed by atoms with Crippen LogP contribution in [-0.4, -0.2) is 29.7 Å². The summed E-state index contributed by atoms with van der Waals surface area (Å²) < 4.78 is 12.2. The molecule has 2 heterocycles. The second-order valence-corrected chi connectivity index (χ2v) is 14.7. The lowest BCUT2D eigenvalue weighted by Gasteiger charge is -2.63. The summed E-state index contributed by atoms with van der Waals surface area (Å²) in [6.45, 7) is 19.1. The minimum atomic E-state index is -0.180. The summed E-state index contributed by atoms with van der Waals surface area (Å²) in [5.41, 5.74) is 2.51. The maximum Gasteiger partial charge on any atom is 0.138 e. The van der Waals surface area contributed by atoms with Gasteiger partial charge in [-0.15, -0.1) is 0 Å². The Morgan fingerprint density at radius 3 is 2.36 bits per heavy atom. The predicted octanol–water partition coefficient (Wildman–Crippen LogP) is 6.74. The molecule has 33 heavy (non-hydrogen) atoms. The van der Waals surface area contributed by atoms with E-state index in [9.17, 15) is 4.79 Å². The number of fused-ring (bicyclic) bond motifs is 5. The average molecular weight is 455 g/mol. The summed E-state index contributed by atoms with van der Waals surface area (Å²) in [4.78, 5) is 12.8. The SMILES string of the molecule is C[C@@H]([C@@H]1O[C@@H]1C1OC1(C)C)[C@@H]1CC[C@]2(C)C3=CC[C@H]4C(C)(C)C(=O)CC[C@]4(C)[C@H]3CC[C@@]12C. The van der Waals surface area contributed by atoms with Crippen LogP contribution in [0.15, 0.2) is 11.6 Å². The summed E-state index contributed by atoms with van der Waals surface area (Å²) in [7, 11) is 0. The number of carbonyl (C=O) groups excluding carboxylic acids is 1. The van der Waals surface area contributed by atoms with Gasteiger partial charge in [0.1, 0.15) is 18.0 Å². The number of ketones is 1. The molecule has 3 heteroatoms. The highest BCUT2D eigenvalue weighted by Crippen LogP contribution is 2.73. The highest BCUT2D eigenvalue weighted by atomic mass is 16.7. The molecule has 10 atom stereocenters. The van der Waals surface area contributed by atoms with Crippen LogP contribution >= 0.6 is 0 Å². The van der Waals surface area contributed by atoms with E-state index in [0.29, 0.717) is 47.3 Å². The molecule has 2 aliphatic heterocycles. The van der Waals surface area contributed by atoms with Crippen molar-refractivity contribution in [2.24, 2.45) is 45.3 Å². The van der Waals surface area contributed by atoms with Gasteiger partial charge in [0.25, 0.3) is 0 Å². The van der Waals surface area contributed by atoms with Crippen molar-refractivity contribution >= 4 is 5.78 Å². The zero-order valence-electron chi connectivity index (χ0n) is 22.3. The van der Waals surface area contributed by atoms with Crippen molar-refractivity contribution < 1.29 is 14.3 Å². The van der Waals surface area contributed by atoms with Crippen molar-refractivity contribution in [1.82, 2.24) is 0 Å². The quantitative estimate of drug-likeness (QED) is 0.350. The Morgan fingerprint density at radius 1 is 1.00 bits per heavy atom. The maximum absolute atomic E-state index is 12.8. The lowest BCUT2D eigenvalue weighted by atomic mass is 9.41. The molecule has 4 aliphatic carbocycles. The molecule has 3 saturated carbocycles. The third-order valence-corrected chi connectivity index (χ3v) is 12.7. The zero-order valence-corrected chi connectivity index (χ0v) is 22.3. The van der Waals surface area contributed by atoms with Crippen LogP contribution in [0, 0.1) is 45.3 Å².